The molecule has 0 amide bonds. The van der Waals surface area contributed by atoms with Crippen LogP contribution < -0.4 is 9.80 Å². The molecule has 168 valence electrons. The van der Waals surface area contributed by atoms with Gasteiger partial charge in [-0.15, -0.1) is 0 Å². The summed E-state index contributed by atoms with van der Waals surface area (Å²) >= 11 is 0. The number of aromatic carboxylic acids is 1. The first-order chi connectivity index (χ1) is 14.9. The lowest BCUT2D eigenvalue weighted by atomic mass is 9.83. The number of carbonyl (C=O) groups is 1. The van der Waals surface area contributed by atoms with E-state index in [0.29, 0.717) is 22.8 Å². The van der Waals surface area contributed by atoms with Gasteiger partial charge in [0, 0.05) is 56.6 Å². The van der Waals surface area contributed by atoms with E-state index in [-0.39, 0.29) is 11.3 Å². The summed E-state index contributed by atoms with van der Waals surface area (Å²) in [6.45, 7) is 3.76. The minimum atomic E-state index is -1.13. The maximum Gasteiger partial charge on any atom is 0.354 e. The molecule has 0 unspecified atom stereocenters. The van der Waals surface area contributed by atoms with Crippen molar-refractivity contribution in [1.82, 2.24) is 9.97 Å². The number of carboxylic acids is 1. The molecular formula is C24H26F2N4O2. The second-order valence-electron chi connectivity index (χ2n) is 8.53. The number of rotatable bonds is 6. The maximum absolute atomic E-state index is 14.5. The lowest BCUT2D eigenvalue weighted by Gasteiger charge is -2.27. The van der Waals surface area contributed by atoms with Gasteiger partial charge < -0.3 is 14.9 Å². The predicted octanol–water partition coefficient (Wildman–Crippen LogP) is 4.58. The smallest absolute Gasteiger partial charge is 0.354 e. The molecule has 3 aromatic rings. The van der Waals surface area contributed by atoms with Gasteiger partial charge in [-0.05, 0) is 50.2 Å². The highest BCUT2D eigenvalue weighted by molar-refractivity contribution is 5.86. The third kappa shape index (κ3) is 4.54. The molecule has 0 saturated carbocycles. The van der Waals surface area contributed by atoms with E-state index in [1.165, 1.54) is 18.2 Å². The Bertz CT molecular complexity index is 1180. The van der Waals surface area contributed by atoms with Crippen molar-refractivity contribution in [3.05, 3.63) is 71.2 Å². The summed E-state index contributed by atoms with van der Waals surface area (Å²) in [4.78, 5) is 24.4. The van der Waals surface area contributed by atoms with Gasteiger partial charge in [0.2, 0.25) is 0 Å². The standard InChI is InChI=1S/C24H26F2N4O2/c1-24(2,22-13-16(30(5)6)11-20(28-22)23(31)32)21-12-15(29(3)4)10-19(27-21)17-8-7-14(25)9-18(17)26/h7-13H,1-6H3,(H,31,32). The zero-order chi connectivity index (χ0) is 23.8. The van der Waals surface area contributed by atoms with Crippen LogP contribution in [0.4, 0.5) is 20.2 Å². The highest BCUT2D eigenvalue weighted by Gasteiger charge is 2.30. The molecule has 3 rings (SSSR count). The van der Waals surface area contributed by atoms with Crippen LogP contribution in [0, 0.1) is 11.6 Å². The van der Waals surface area contributed by atoms with Crippen LogP contribution in [0.25, 0.3) is 11.3 Å². The zero-order valence-corrected chi connectivity index (χ0v) is 18.9. The van der Waals surface area contributed by atoms with E-state index >= 15 is 0 Å². The summed E-state index contributed by atoms with van der Waals surface area (Å²) in [5.41, 5.74) is 2.17. The monoisotopic (exact) mass is 440 g/mol. The summed E-state index contributed by atoms with van der Waals surface area (Å²) < 4.78 is 28.0. The molecule has 2 heterocycles. The number of hydrogen-bond acceptors (Lipinski definition) is 5. The number of hydrogen-bond donors (Lipinski definition) is 1. The molecule has 32 heavy (non-hydrogen) atoms. The first-order valence-corrected chi connectivity index (χ1v) is 9.98. The van der Waals surface area contributed by atoms with Crippen molar-refractivity contribution in [3.8, 4) is 11.3 Å². The van der Waals surface area contributed by atoms with Gasteiger partial charge in [-0.1, -0.05) is 0 Å². The quantitative estimate of drug-likeness (QED) is 0.605. The largest absolute Gasteiger partial charge is 0.477 e. The molecule has 1 aromatic carbocycles. The average Bonchev–Trinajstić information content (AvgIpc) is 2.72. The van der Waals surface area contributed by atoms with Crippen LogP contribution >= 0.6 is 0 Å². The highest BCUT2D eigenvalue weighted by Crippen LogP contribution is 2.35. The summed E-state index contributed by atoms with van der Waals surface area (Å²) in [6, 6.07) is 10.3. The first-order valence-electron chi connectivity index (χ1n) is 9.98. The van der Waals surface area contributed by atoms with E-state index < -0.39 is 23.0 Å². The van der Waals surface area contributed by atoms with Crippen LogP contribution in [0.5, 0.6) is 0 Å². The minimum absolute atomic E-state index is 0.0761. The van der Waals surface area contributed by atoms with Gasteiger partial charge in [0.1, 0.15) is 11.6 Å². The molecule has 1 N–H and O–H groups in total. The number of pyridine rings is 2. The molecule has 0 saturated heterocycles. The number of benzene rings is 1. The number of anilines is 2. The Morgan fingerprint density at radius 2 is 1.44 bits per heavy atom. The Hall–Kier alpha value is -3.55. The fourth-order valence-corrected chi connectivity index (χ4v) is 3.26. The Labute approximate surface area is 186 Å². The number of aromatic nitrogens is 2. The van der Waals surface area contributed by atoms with Gasteiger partial charge in [-0.3, -0.25) is 4.98 Å². The van der Waals surface area contributed by atoms with Crippen molar-refractivity contribution in [3.63, 3.8) is 0 Å². The summed E-state index contributed by atoms with van der Waals surface area (Å²) in [7, 11) is 7.34. The molecule has 0 bridgehead atoms. The topological polar surface area (TPSA) is 69.6 Å². The average molecular weight is 440 g/mol. The minimum Gasteiger partial charge on any atom is -0.477 e. The van der Waals surface area contributed by atoms with E-state index in [2.05, 4.69) is 9.97 Å². The van der Waals surface area contributed by atoms with Crippen molar-refractivity contribution in [2.75, 3.05) is 38.0 Å². The van der Waals surface area contributed by atoms with Gasteiger partial charge >= 0.3 is 5.97 Å². The Balaban J connectivity index is 2.24. The first kappa shape index (κ1) is 23.1. The van der Waals surface area contributed by atoms with E-state index in [1.807, 2.05) is 59.1 Å². The maximum atomic E-state index is 14.5. The van der Waals surface area contributed by atoms with Crippen LogP contribution in [0.3, 0.4) is 0 Å². The SMILES string of the molecule is CN(C)c1cc(C(=O)O)nc(C(C)(C)c2cc(N(C)C)cc(-c3ccc(F)cc3F)n2)c1. The molecule has 0 atom stereocenters. The molecule has 0 spiro atoms. The van der Waals surface area contributed by atoms with Crippen molar-refractivity contribution in [2.24, 2.45) is 0 Å². The van der Waals surface area contributed by atoms with Gasteiger partial charge in [0.15, 0.2) is 5.69 Å². The van der Waals surface area contributed by atoms with Gasteiger partial charge in [-0.25, -0.2) is 18.6 Å². The lowest BCUT2D eigenvalue weighted by Crippen LogP contribution is -2.25. The van der Waals surface area contributed by atoms with Crippen LogP contribution in [0.2, 0.25) is 0 Å². The van der Waals surface area contributed by atoms with E-state index in [0.717, 1.165) is 11.8 Å². The molecule has 0 aliphatic carbocycles. The fraction of sp³-hybridized carbons (Fsp3) is 0.292. The second kappa shape index (κ2) is 8.53. The van der Waals surface area contributed by atoms with Crippen LogP contribution in [0.15, 0.2) is 42.5 Å². The third-order valence-corrected chi connectivity index (χ3v) is 5.36. The highest BCUT2D eigenvalue weighted by atomic mass is 19.1. The molecule has 2 aromatic heterocycles. The van der Waals surface area contributed by atoms with Crippen LogP contribution in [-0.2, 0) is 5.41 Å². The zero-order valence-electron chi connectivity index (χ0n) is 18.9. The second-order valence-corrected chi connectivity index (χ2v) is 8.53. The lowest BCUT2D eigenvalue weighted by molar-refractivity contribution is 0.0690. The normalized spacial score (nSPS) is 11.4. The van der Waals surface area contributed by atoms with E-state index in [4.69, 9.17) is 0 Å². The van der Waals surface area contributed by atoms with Crippen molar-refractivity contribution >= 4 is 17.3 Å². The van der Waals surface area contributed by atoms with Gasteiger partial charge in [-0.2, -0.15) is 0 Å². The van der Waals surface area contributed by atoms with Crippen molar-refractivity contribution in [2.45, 2.75) is 19.3 Å². The van der Waals surface area contributed by atoms with E-state index in [1.54, 1.807) is 11.0 Å². The predicted molar refractivity (Wildman–Crippen MR) is 122 cm³/mol. The van der Waals surface area contributed by atoms with E-state index in [9.17, 15) is 18.7 Å². The molecule has 0 aliphatic rings. The molecule has 8 heteroatoms. The van der Waals surface area contributed by atoms with Crippen LogP contribution in [-0.4, -0.2) is 49.2 Å². The Morgan fingerprint density at radius 1 is 0.875 bits per heavy atom. The van der Waals surface area contributed by atoms with Crippen molar-refractivity contribution < 1.29 is 18.7 Å². The summed E-state index contributed by atoms with van der Waals surface area (Å²) in [5, 5.41) is 9.54. The Morgan fingerprint density at radius 3 is 1.97 bits per heavy atom. The van der Waals surface area contributed by atoms with Crippen LogP contribution in [0.1, 0.15) is 35.7 Å². The molecular weight excluding hydrogens is 414 g/mol. The van der Waals surface area contributed by atoms with Crippen molar-refractivity contribution in [1.29, 1.82) is 0 Å². The summed E-state index contributed by atoms with van der Waals surface area (Å²) in [5.74, 6) is -2.51. The summed E-state index contributed by atoms with van der Waals surface area (Å²) in [6.07, 6.45) is 0. The molecule has 0 radical (unpaired) electrons. The molecule has 0 aliphatic heterocycles. The van der Waals surface area contributed by atoms with Gasteiger partial charge in [0.05, 0.1) is 17.1 Å². The molecule has 0 fully saturated rings. The van der Waals surface area contributed by atoms with Gasteiger partial charge in [0.25, 0.3) is 0 Å². The number of carboxylic acid groups (broad SMARTS) is 1. The molecule has 6 nitrogen and oxygen atoms in total. The number of nitrogens with zero attached hydrogens (tertiary/aromatic N) is 4. The third-order valence-electron chi connectivity index (χ3n) is 5.36. The fourth-order valence-electron chi connectivity index (χ4n) is 3.26. The number of halogens is 2. The Kier molecular flexibility index (Phi) is 6.16.